The quantitative estimate of drug-likeness (QED) is 0.667. The van der Waals surface area contributed by atoms with Crippen LogP contribution in [0, 0.1) is 0 Å². The fourth-order valence-corrected chi connectivity index (χ4v) is 2.48. The summed E-state index contributed by atoms with van der Waals surface area (Å²) in [6, 6.07) is 0.672. The molecule has 0 amide bonds. The molecule has 3 nitrogen and oxygen atoms in total. The van der Waals surface area contributed by atoms with Crippen molar-refractivity contribution in [1.82, 2.24) is 4.90 Å². The van der Waals surface area contributed by atoms with Crippen LogP contribution in [0.2, 0.25) is 0 Å². The van der Waals surface area contributed by atoms with E-state index in [2.05, 4.69) is 18.7 Å². The molecule has 0 bridgehead atoms. The fraction of sp³-hybridized carbons (Fsp3) is 1.00. The monoisotopic (exact) mass is 214 g/mol. The number of hydrogen-bond donors (Lipinski definition) is 1. The third-order valence-electron chi connectivity index (χ3n) is 3.74. The lowest BCUT2D eigenvalue weighted by Gasteiger charge is -2.37. The minimum Gasteiger partial charge on any atom is -0.383 e. The second-order valence-electron chi connectivity index (χ2n) is 4.58. The second kappa shape index (κ2) is 5.83. The largest absolute Gasteiger partial charge is 0.383 e. The van der Waals surface area contributed by atoms with Crippen LogP contribution in [0.5, 0.6) is 0 Å². The molecule has 1 rings (SSSR count). The molecule has 1 fully saturated rings. The Morgan fingerprint density at radius 2 is 1.93 bits per heavy atom. The molecular formula is C12H26N2O. The van der Waals surface area contributed by atoms with Gasteiger partial charge in [-0.3, -0.25) is 4.90 Å². The molecule has 2 N–H and O–H groups in total. The highest BCUT2D eigenvalue weighted by Gasteiger charge is 2.48. The van der Waals surface area contributed by atoms with E-state index in [4.69, 9.17) is 10.5 Å². The Kier molecular flexibility index (Phi) is 5.03. The van der Waals surface area contributed by atoms with Gasteiger partial charge in [0, 0.05) is 31.8 Å². The van der Waals surface area contributed by atoms with Gasteiger partial charge in [-0.15, -0.1) is 0 Å². The molecule has 90 valence electrons. The molecule has 15 heavy (non-hydrogen) atoms. The van der Waals surface area contributed by atoms with E-state index >= 15 is 0 Å². The van der Waals surface area contributed by atoms with E-state index in [-0.39, 0.29) is 0 Å². The predicted octanol–water partition coefficient (Wildman–Crippen LogP) is 1.61. The van der Waals surface area contributed by atoms with Crippen molar-refractivity contribution in [2.24, 2.45) is 5.73 Å². The lowest BCUT2D eigenvalue weighted by molar-refractivity contribution is 0.0711. The molecule has 0 aliphatic heterocycles. The molecule has 0 radical (unpaired) electrons. The first kappa shape index (κ1) is 12.9. The summed E-state index contributed by atoms with van der Waals surface area (Å²) in [5.74, 6) is 0. The fourth-order valence-electron chi connectivity index (χ4n) is 2.48. The Morgan fingerprint density at radius 3 is 2.27 bits per heavy atom. The number of rotatable bonds is 8. The highest BCUT2D eigenvalue weighted by atomic mass is 16.5. The minimum atomic E-state index is 0.315. The first-order valence-corrected chi connectivity index (χ1v) is 6.19. The summed E-state index contributed by atoms with van der Waals surface area (Å²) < 4.78 is 5.20. The summed E-state index contributed by atoms with van der Waals surface area (Å²) in [7, 11) is 1.77. The van der Waals surface area contributed by atoms with Crippen molar-refractivity contribution in [2.45, 2.75) is 51.1 Å². The zero-order valence-corrected chi connectivity index (χ0v) is 10.5. The van der Waals surface area contributed by atoms with Gasteiger partial charge in [0.2, 0.25) is 0 Å². The van der Waals surface area contributed by atoms with Crippen molar-refractivity contribution < 1.29 is 4.74 Å². The Hall–Kier alpha value is -0.120. The first-order valence-electron chi connectivity index (χ1n) is 6.19. The van der Waals surface area contributed by atoms with Crippen LogP contribution in [0.4, 0.5) is 0 Å². The standard InChI is InChI=1S/C12H26N2O/c1-4-11(5-2)14(8-9-15-3)12(10-13)6-7-12/h11H,4-10,13H2,1-3H3. The highest BCUT2D eigenvalue weighted by molar-refractivity contribution is 5.06. The van der Waals surface area contributed by atoms with Gasteiger partial charge in [0.15, 0.2) is 0 Å². The summed E-state index contributed by atoms with van der Waals surface area (Å²) in [4.78, 5) is 2.59. The van der Waals surface area contributed by atoms with Crippen LogP contribution < -0.4 is 5.73 Å². The topological polar surface area (TPSA) is 38.5 Å². The van der Waals surface area contributed by atoms with Crippen LogP contribution in [-0.4, -0.2) is 43.3 Å². The van der Waals surface area contributed by atoms with Crippen LogP contribution in [0.25, 0.3) is 0 Å². The van der Waals surface area contributed by atoms with E-state index in [9.17, 15) is 0 Å². The lowest BCUT2D eigenvalue weighted by atomic mass is 10.1. The molecule has 0 aromatic rings. The SMILES string of the molecule is CCC(CC)N(CCOC)C1(CN)CC1. The maximum absolute atomic E-state index is 5.91. The minimum absolute atomic E-state index is 0.315. The van der Waals surface area contributed by atoms with Crippen molar-refractivity contribution >= 4 is 0 Å². The van der Waals surface area contributed by atoms with Crippen LogP contribution in [0.1, 0.15) is 39.5 Å². The van der Waals surface area contributed by atoms with E-state index in [1.54, 1.807) is 7.11 Å². The Balaban J connectivity index is 2.59. The zero-order chi connectivity index (χ0) is 11.3. The number of ether oxygens (including phenoxy) is 1. The van der Waals surface area contributed by atoms with Gasteiger partial charge in [-0.1, -0.05) is 13.8 Å². The average Bonchev–Trinajstić information content (AvgIpc) is 3.05. The highest BCUT2D eigenvalue weighted by Crippen LogP contribution is 2.42. The van der Waals surface area contributed by atoms with Gasteiger partial charge in [0.05, 0.1) is 6.61 Å². The summed E-state index contributed by atoms with van der Waals surface area (Å²) in [5, 5.41) is 0. The predicted molar refractivity (Wildman–Crippen MR) is 64.0 cm³/mol. The Morgan fingerprint density at radius 1 is 1.33 bits per heavy atom. The van der Waals surface area contributed by atoms with Crippen molar-refractivity contribution in [2.75, 3.05) is 26.8 Å². The molecule has 1 aliphatic carbocycles. The molecule has 0 heterocycles. The van der Waals surface area contributed by atoms with Gasteiger partial charge in [0.1, 0.15) is 0 Å². The lowest BCUT2D eigenvalue weighted by Crippen LogP contribution is -2.50. The van der Waals surface area contributed by atoms with Crippen molar-refractivity contribution in [3.8, 4) is 0 Å². The molecule has 0 spiro atoms. The molecule has 1 aliphatic rings. The Labute approximate surface area is 94.0 Å². The van der Waals surface area contributed by atoms with Gasteiger partial charge >= 0.3 is 0 Å². The number of methoxy groups -OCH3 is 1. The second-order valence-corrected chi connectivity index (χ2v) is 4.58. The van der Waals surface area contributed by atoms with Gasteiger partial charge in [-0.2, -0.15) is 0 Å². The maximum Gasteiger partial charge on any atom is 0.0590 e. The maximum atomic E-state index is 5.91. The van der Waals surface area contributed by atoms with E-state index in [1.165, 1.54) is 25.7 Å². The summed E-state index contributed by atoms with van der Waals surface area (Å²) >= 11 is 0. The molecule has 0 unspecified atom stereocenters. The van der Waals surface area contributed by atoms with Crippen LogP contribution >= 0.6 is 0 Å². The van der Waals surface area contributed by atoms with Crippen molar-refractivity contribution in [3.63, 3.8) is 0 Å². The third kappa shape index (κ3) is 2.92. The zero-order valence-electron chi connectivity index (χ0n) is 10.5. The smallest absolute Gasteiger partial charge is 0.0590 e. The first-order chi connectivity index (χ1) is 7.24. The molecule has 0 aromatic heterocycles. The van der Waals surface area contributed by atoms with Gasteiger partial charge in [-0.05, 0) is 25.7 Å². The van der Waals surface area contributed by atoms with Gasteiger partial charge < -0.3 is 10.5 Å². The number of nitrogens with zero attached hydrogens (tertiary/aromatic N) is 1. The van der Waals surface area contributed by atoms with Crippen LogP contribution in [0.3, 0.4) is 0 Å². The molecule has 0 atom stereocenters. The van der Waals surface area contributed by atoms with E-state index < -0.39 is 0 Å². The molecule has 1 saturated carbocycles. The van der Waals surface area contributed by atoms with Gasteiger partial charge in [0.25, 0.3) is 0 Å². The van der Waals surface area contributed by atoms with Crippen LogP contribution in [-0.2, 0) is 4.74 Å². The van der Waals surface area contributed by atoms with E-state index in [0.717, 1.165) is 19.7 Å². The number of nitrogens with two attached hydrogens (primary N) is 1. The average molecular weight is 214 g/mol. The Bertz CT molecular complexity index is 176. The summed E-state index contributed by atoms with van der Waals surface area (Å²) in [6.07, 6.45) is 4.96. The molecule has 0 saturated heterocycles. The van der Waals surface area contributed by atoms with Gasteiger partial charge in [-0.25, -0.2) is 0 Å². The van der Waals surface area contributed by atoms with E-state index in [0.29, 0.717) is 11.6 Å². The molecule has 3 heteroatoms. The summed E-state index contributed by atoms with van der Waals surface area (Å²) in [6.45, 7) is 7.17. The van der Waals surface area contributed by atoms with Crippen molar-refractivity contribution in [1.29, 1.82) is 0 Å². The normalized spacial score (nSPS) is 18.8. The van der Waals surface area contributed by atoms with E-state index in [1.807, 2.05) is 0 Å². The molecular weight excluding hydrogens is 188 g/mol. The van der Waals surface area contributed by atoms with Crippen LogP contribution in [0.15, 0.2) is 0 Å². The molecule has 0 aromatic carbocycles. The third-order valence-corrected chi connectivity index (χ3v) is 3.74. The van der Waals surface area contributed by atoms with Crippen molar-refractivity contribution in [3.05, 3.63) is 0 Å². The number of hydrogen-bond acceptors (Lipinski definition) is 3. The summed E-state index contributed by atoms with van der Waals surface area (Å²) in [5.41, 5.74) is 6.22.